The Hall–Kier alpha value is -1.78. The number of carbonyl (C=O) groups is 1. The molecule has 4 nitrogen and oxygen atoms in total. The molecule has 1 aromatic rings. The van der Waals surface area contributed by atoms with Crippen molar-refractivity contribution in [2.45, 2.75) is 13.8 Å². The van der Waals surface area contributed by atoms with Crippen molar-refractivity contribution in [3.05, 3.63) is 24.0 Å². The van der Waals surface area contributed by atoms with E-state index in [1.807, 2.05) is 0 Å². The molecule has 1 amide bonds. The van der Waals surface area contributed by atoms with E-state index in [4.69, 9.17) is 4.74 Å². The topological polar surface area (TPSA) is 47.6 Å². The molecule has 1 aromatic carbocycles. The third kappa shape index (κ3) is 3.42. The van der Waals surface area contributed by atoms with Crippen LogP contribution in [0.2, 0.25) is 0 Å². The highest BCUT2D eigenvalue weighted by atomic mass is 19.1. The molecule has 0 spiro atoms. The Morgan fingerprint density at radius 1 is 1.38 bits per heavy atom. The number of halogens is 1. The number of rotatable bonds is 4. The summed E-state index contributed by atoms with van der Waals surface area (Å²) in [4.78, 5) is 11.0. The summed E-state index contributed by atoms with van der Waals surface area (Å²) in [5.74, 6) is -0.354. The molecule has 5 heteroatoms. The SMILES string of the molecule is CCOC(=O)Nc1ccc(OCC)c(F)c1. The van der Waals surface area contributed by atoms with Crippen molar-refractivity contribution in [1.82, 2.24) is 0 Å². The molecule has 0 atom stereocenters. The largest absolute Gasteiger partial charge is 0.491 e. The van der Waals surface area contributed by atoms with E-state index in [9.17, 15) is 9.18 Å². The minimum absolute atomic E-state index is 0.164. The van der Waals surface area contributed by atoms with E-state index in [-0.39, 0.29) is 12.4 Å². The quantitative estimate of drug-likeness (QED) is 0.860. The predicted molar refractivity (Wildman–Crippen MR) is 58.2 cm³/mol. The molecule has 1 N–H and O–H groups in total. The predicted octanol–water partition coefficient (Wildman–Crippen LogP) is 2.79. The summed E-state index contributed by atoms with van der Waals surface area (Å²) in [6, 6.07) is 4.19. The van der Waals surface area contributed by atoms with Crippen LogP contribution >= 0.6 is 0 Å². The van der Waals surface area contributed by atoms with Crippen LogP contribution < -0.4 is 10.1 Å². The van der Waals surface area contributed by atoms with Gasteiger partial charge in [-0.15, -0.1) is 0 Å². The molecule has 16 heavy (non-hydrogen) atoms. The monoisotopic (exact) mass is 227 g/mol. The first-order valence-corrected chi connectivity index (χ1v) is 5.03. The molecule has 0 radical (unpaired) electrons. The summed E-state index contributed by atoms with van der Waals surface area (Å²) >= 11 is 0. The number of carbonyl (C=O) groups excluding carboxylic acids is 1. The molecule has 0 aliphatic rings. The van der Waals surface area contributed by atoms with Crippen molar-refractivity contribution >= 4 is 11.8 Å². The zero-order valence-electron chi connectivity index (χ0n) is 9.25. The fourth-order valence-corrected chi connectivity index (χ4v) is 1.14. The van der Waals surface area contributed by atoms with E-state index in [0.717, 1.165) is 0 Å². The molecular formula is C11H14FNO3. The van der Waals surface area contributed by atoms with Crippen LogP contribution in [-0.4, -0.2) is 19.3 Å². The smallest absolute Gasteiger partial charge is 0.411 e. The van der Waals surface area contributed by atoms with Gasteiger partial charge in [-0.3, -0.25) is 5.32 Å². The Labute approximate surface area is 93.4 Å². The normalized spacial score (nSPS) is 9.69. The summed E-state index contributed by atoms with van der Waals surface area (Å²) in [5, 5.41) is 2.40. The van der Waals surface area contributed by atoms with Crippen LogP contribution in [0, 0.1) is 5.82 Å². The van der Waals surface area contributed by atoms with Crippen LogP contribution in [0.5, 0.6) is 5.75 Å². The number of ether oxygens (including phenoxy) is 2. The van der Waals surface area contributed by atoms with E-state index in [1.165, 1.54) is 12.1 Å². The fraction of sp³-hybridized carbons (Fsp3) is 0.364. The Balaban J connectivity index is 2.69. The van der Waals surface area contributed by atoms with Gasteiger partial charge in [-0.25, -0.2) is 9.18 Å². The second-order valence-electron chi connectivity index (χ2n) is 2.92. The summed E-state index contributed by atoms with van der Waals surface area (Å²) in [6.45, 7) is 4.12. The Kier molecular flexibility index (Phi) is 4.57. The number of hydrogen-bond acceptors (Lipinski definition) is 3. The maximum absolute atomic E-state index is 13.4. The average Bonchev–Trinajstić information content (AvgIpc) is 2.22. The van der Waals surface area contributed by atoms with E-state index < -0.39 is 11.9 Å². The van der Waals surface area contributed by atoms with Crippen molar-refractivity contribution in [2.75, 3.05) is 18.5 Å². The van der Waals surface area contributed by atoms with Crippen LogP contribution in [0.3, 0.4) is 0 Å². The molecule has 0 bridgehead atoms. The zero-order chi connectivity index (χ0) is 12.0. The second-order valence-corrected chi connectivity index (χ2v) is 2.92. The Morgan fingerprint density at radius 2 is 2.12 bits per heavy atom. The summed E-state index contributed by atoms with van der Waals surface area (Å²) in [5.41, 5.74) is 0.333. The maximum atomic E-state index is 13.4. The highest BCUT2D eigenvalue weighted by Crippen LogP contribution is 2.21. The van der Waals surface area contributed by atoms with Crippen molar-refractivity contribution in [3.63, 3.8) is 0 Å². The third-order valence-electron chi connectivity index (χ3n) is 1.75. The highest BCUT2D eigenvalue weighted by Gasteiger charge is 2.06. The molecule has 0 unspecified atom stereocenters. The molecule has 0 heterocycles. The van der Waals surface area contributed by atoms with Gasteiger partial charge in [-0.2, -0.15) is 0 Å². The number of benzene rings is 1. The molecule has 0 fully saturated rings. The lowest BCUT2D eigenvalue weighted by Crippen LogP contribution is -2.13. The average molecular weight is 227 g/mol. The maximum Gasteiger partial charge on any atom is 0.411 e. The van der Waals surface area contributed by atoms with Gasteiger partial charge in [0.05, 0.1) is 13.2 Å². The summed E-state index contributed by atoms with van der Waals surface area (Å²) in [6.07, 6.45) is -0.606. The van der Waals surface area contributed by atoms with Gasteiger partial charge in [0.25, 0.3) is 0 Å². The third-order valence-corrected chi connectivity index (χ3v) is 1.75. The lowest BCUT2D eigenvalue weighted by Gasteiger charge is -2.08. The number of nitrogens with one attached hydrogen (secondary N) is 1. The van der Waals surface area contributed by atoms with Crippen LogP contribution in [0.15, 0.2) is 18.2 Å². The van der Waals surface area contributed by atoms with Gasteiger partial charge in [-0.1, -0.05) is 0 Å². The summed E-state index contributed by atoms with van der Waals surface area (Å²) in [7, 11) is 0. The standard InChI is InChI=1S/C11H14FNO3/c1-3-15-10-6-5-8(7-9(10)12)13-11(14)16-4-2/h5-7H,3-4H2,1-2H3,(H,13,14). The van der Waals surface area contributed by atoms with E-state index in [0.29, 0.717) is 12.3 Å². The van der Waals surface area contributed by atoms with Gasteiger partial charge in [0, 0.05) is 11.8 Å². The van der Waals surface area contributed by atoms with Crippen LogP contribution in [-0.2, 0) is 4.74 Å². The van der Waals surface area contributed by atoms with Gasteiger partial charge in [-0.05, 0) is 26.0 Å². The minimum atomic E-state index is -0.606. The molecule has 0 aromatic heterocycles. The Morgan fingerprint density at radius 3 is 2.69 bits per heavy atom. The van der Waals surface area contributed by atoms with Gasteiger partial charge in [0.1, 0.15) is 0 Å². The molecule has 0 saturated carbocycles. The van der Waals surface area contributed by atoms with Crippen molar-refractivity contribution in [1.29, 1.82) is 0 Å². The lowest BCUT2D eigenvalue weighted by molar-refractivity contribution is 0.168. The van der Waals surface area contributed by atoms with Gasteiger partial charge < -0.3 is 9.47 Å². The fourth-order valence-electron chi connectivity index (χ4n) is 1.14. The number of amides is 1. The van der Waals surface area contributed by atoms with Crippen molar-refractivity contribution in [2.24, 2.45) is 0 Å². The minimum Gasteiger partial charge on any atom is -0.491 e. The number of anilines is 1. The van der Waals surface area contributed by atoms with Crippen molar-refractivity contribution < 1.29 is 18.7 Å². The van der Waals surface area contributed by atoms with E-state index in [1.54, 1.807) is 19.9 Å². The number of hydrogen-bond donors (Lipinski definition) is 1. The molecule has 88 valence electrons. The molecule has 0 saturated heterocycles. The van der Waals surface area contributed by atoms with Crippen molar-refractivity contribution in [3.8, 4) is 5.75 Å². The second kappa shape index (κ2) is 5.95. The van der Waals surface area contributed by atoms with Crippen LogP contribution in [0.25, 0.3) is 0 Å². The summed E-state index contributed by atoms with van der Waals surface area (Å²) < 4.78 is 23.0. The molecule has 1 rings (SSSR count). The first kappa shape index (κ1) is 12.3. The van der Waals surface area contributed by atoms with Gasteiger partial charge in [0.2, 0.25) is 0 Å². The first-order chi connectivity index (χ1) is 7.67. The van der Waals surface area contributed by atoms with Crippen LogP contribution in [0.1, 0.15) is 13.8 Å². The molecule has 0 aliphatic heterocycles. The van der Waals surface area contributed by atoms with Gasteiger partial charge >= 0.3 is 6.09 Å². The molecular weight excluding hydrogens is 213 g/mol. The van der Waals surface area contributed by atoms with Gasteiger partial charge in [0.15, 0.2) is 11.6 Å². The molecule has 0 aliphatic carbocycles. The van der Waals surface area contributed by atoms with Crippen LogP contribution in [0.4, 0.5) is 14.9 Å². The lowest BCUT2D eigenvalue weighted by atomic mass is 10.3. The zero-order valence-corrected chi connectivity index (χ0v) is 9.25. The highest BCUT2D eigenvalue weighted by molar-refractivity contribution is 5.84. The Bertz CT molecular complexity index is 368. The first-order valence-electron chi connectivity index (χ1n) is 5.03. The van der Waals surface area contributed by atoms with E-state index in [2.05, 4.69) is 10.1 Å². The van der Waals surface area contributed by atoms with E-state index >= 15 is 0 Å².